The molecule has 0 amide bonds. The fraction of sp³-hybridized carbons (Fsp3) is 0.818. The number of rotatable bonds is 4. The standard InChI is InChI=1S/C11H18O4/c1-8(10(13)14-2)9(12)11(15-3)6-4-5-7-11/h8H,4-7H2,1-3H3. The zero-order valence-corrected chi connectivity index (χ0v) is 9.54. The maximum Gasteiger partial charge on any atom is 0.316 e. The van der Waals surface area contributed by atoms with Crippen LogP contribution in [-0.4, -0.2) is 31.6 Å². The highest BCUT2D eigenvalue weighted by Gasteiger charge is 2.45. The molecule has 1 fully saturated rings. The highest BCUT2D eigenvalue weighted by atomic mass is 16.5. The number of esters is 1. The van der Waals surface area contributed by atoms with Crippen LogP contribution in [0.15, 0.2) is 0 Å². The maximum atomic E-state index is 12.1. The van der Waals surface area contributed by atoms with Crippen molar-refractivity contribution in [1.82, 2.24) is 0 Å². The molecule has 0 radical (unpaired) electrons. The van der Waals surface area contributed by atoms with Crippen molar-refractivity contribution >= 4 is 11.8 Å². The Kier molecular flexibility index (Phi) is 3.85. The van der Waals surface area contributed by atoms with Gasteiger partial charge >= 0.3 is 5.97 Å². The molecule has 1 rings (SSSR count). The molecule has 86 valence electrons. The van der Waals surface area contributed by atoms with Crippen molar-refractivity contribution in [3.8, 4) is 0 Å². The molecule has 0 heterocycles. The van der Waals surface area contributed by atoms with Gasteiger partial charge in [-0.1, -0.05) is 0 Å². The van der Waals surface area contributed by atoms with E-state index >= 15 is 0 Å². The monoisotopic (exact) mass is 214 g/mol. The number of carbonyl (C=O) groups is 2. The molecule has 15 heavy (non-hydrogen) atoms. The summed E-state index contributed by atoms with van der Waals surface area (Å²) < 4.78 is 9.89. The van der Waals surface area contributed by atoms with E-state index in [0.717, 1.165) is 12.8 Å². The van der Waals surface area contributed by atoms with Gasteiger partial charge in [-0.05, 0) is 32.6 Å². The number of hydrogen-bond acceptors (Lipinski definition) is 4. The Balaban J connectivity index is 2.77. The largest absolute Gasteiger partial charge is 0.468 e. The molecule has 4 nitrogen and oxygen atoms in total. The number of ether oxygens (including phenoxy) is 2. The van der Waals surface area contributed by atoms with Crippen molar-refractivity contribution in [3.05, 3.63) is 0 Å². The van der Waals surface area contributed by atoms with Crippen molar-refractivity contribution in [1.29, 1.82) is 0 Å². The van der Waals surface area contributed by atoms with E-state index in [2.05, 4.69) is 4.74 Å². The van der Waals surface area contributed by atoms with Gasteiger partial charge in [-0.25, -0.2) is 0 Å². The second-order valence-electron chi connectivity index (χ2n) is 4.01. The number of carbonyl (C=O) groups excluding carboxylic acids is 2. The maximum absolute atomic E-state index is 12.1. The van der Waals surface area contributed by atoms with Crippen LogP contribution in [0.1, 0.15) is 32.6 Å². The van der Waals surface area contributed by atoms with Crippen LogP contribution >= 0.6 is 0 Å². The normalized spacial score (nSPS) is 21.0. The first-order chi connectivity index (χ1) is 7.07. The van der Waals surface area contributed by atoms with Gasteiger partial charge in [0.25, 0.3) is 0 Å². The third-order valence-electron chi connectivity index (χ3n) is 3.20. The minimum Gasteiger partial charge on any atom is -0.468 e. The lowest BCUT2D eigenvalue weighted by Gasteiger charge is -2.27. The minimum atomic E-state index is -0.742. The Labute approximate surface area is 89.9 Å². The van der Waals surface area contributed by atoms with Crippen LogP contribution in [0.2, 0.25) is 0 Å². The van der Waals surface area contributed by atoms with Crippen LogP contribution in [0.3, 0.4) is 0 Å². The summed E-state index contributed by atoms with van der Waals surface area (Å²) in [5, 5.41) is 0. The summed E-state index contributed by atoms with van der Waals surface area (Å²) in [7, 11) is 2.83. The van der Waals surface area contributed by atoms with Gasteiger partial charge in [0.15, 0.2) is 5.78 Å². The van der Waals surface area contributed by atoms with E-state index in [1.807, 2.05) is 0 Å². The Hall–Kier alpha value is -0.900. The van der Waals surface area contributed by atoms with Gasteiger partial charge in [-0.2, -0.15) is 0 Å². The first-order valence-electron chi connectivity index (χ1n) is 5.24. The van der Waals surface area contributed by atoms with Gasteiger partial charge in [0, 0.05) is 7.11 Å². The Morgan fingerprint density at radius 2 is 1.73 bits per heavy atom. The van der Waals surface area contributed by atoms with Crippen LogP contribution in [-0.2, 0) is 19.1 Å². The molecule has 0 N–H and O–H groups in total. The predicted molar refractivity (Wildman–Crippen MR) is 54.4 cm³/mol. The number of hydrogen-bond donors (Lipinski definition) is 0. The van der Waals surface area contributed by atoms with Crippen molar-refractivity contribution in [2.24, 2.45) is 5.92 Å². The molecular weight excluding hydrogens is 196 g/mol. The summed E-state index contributed by atoms with van der Waals surface area (Å²) in [6.07, 6.45) is 3.38. The molecule has 0 aromatic rings. The van der Waals surface area contributed by atoms with Gasteiger partial charge < -0.3 is 9.47 Å². The van der Waals surface area contributed by atoms with E-state index in [0.29, 0.717) is 12.8 Å². The SMILES string of the molecule is COC(=O)C(C)C(=O)C1(OC)CCCC1. The molecular formula is C11H18O4. The molecule has 0 saturated heterocycles. The lowest BCUT2D eigenvalue weighted by molar-refractivity contribution is -0.157. The van der Waals surface area contributed by atoms with Crippen molar-refractivity contribution in [2.75, 3.05) is 14.2 Å². The van der Waals surface area contributed by atoms with Gasteiger partial charge in [-0.15, -0.1) is 0 Å². The second kappa shape index (κ2) is 4.75. The molecule has 0 aliphatic heterocycles. The molecule has 0 aromatic heterocycles. The van der Waals surface area contributed by atoms with Crippen molar-refractivity contribution in [3.63, 3.8) is 0 Å². The zero-order chi connectivity index (χ0) is 11.5. The molecule has 4 heteroatoms. The number of ketones is 1. The van der Waals surface area contributed by atoms with Crippen LogP contribution in [0.5, 0.6) is 0 Å². The van der Waals surface area contributed by atoms with Crippen LogP contribution < -0.4 is 0 Å². The molecule has 0 aromatic carbocycles. The summed E-state index contributed by atoms with van der Waals surface area (Å²) in [5.74, 6) is -1.36. The van der Waals surface area contributed by atoms with E-state index in [1.54, 1.807) is 6.92 Å². The average molecular weight is 214 g/mol. The molecule has 0 spiro atoms. The van der Waals surface area contributed by atoms with E-state index in [9.17, 15) is 9.59 Å². The highest BCUT2D eigenvalue weighted by molar-refractivity contribution is 6.03. The Morgan fingerprint density at radius 3 is 2.13 bits per heavy atom. The quantitative estimate of drug-likeness (QED) is 0.523. The molecule has 1 unspecified atom stereocenters. The minimum absolute atomic E-state index is 0.144. The van der Waals surface area contributed by atoms with E-state index in [-0.39, 0.29) is 5.78 Å². The predicted octanol–water partition coefficient (Wildman–Crippen LogP) is 1.32. The Morgan fingerprint density at radius 1 is 1.20 bits per heavy atom. The number of methoxy groups -OCH3 is 2. The van der Waals surface area contributed by atoms with Gasteiger partial charge in [-0.3, -0.25) is 9.59 Å². The second-order valence-corrected chi connectivity index (χ2v) is 4.01. The third-order valence-corrected chi connectivity index (χ3v) is 3.20. The van der Waals surface area contributed by atoms with Gasteiger partial charge in [0.05, 0.1) is 7.11 Å². The van der Waals surface area contributed by atoms with Crippen LogP contribution in [0, 0.1) is 5.92 Å². The molecule has 1 saturated carbocycles. The zero-order valence-electron chi connectivity index (χ0n) is 9.54. The highest BCUT2D eigenvalue weighted by Crippen LogP contribution is 2.35. The fourth-order valence-electron chi connectivity index (χ4n) is 2.18. The van der Waals surface area contributed by atoms with Crippen molar-refractivity contribution in [2.45, 2.75) is 38.2 Å². The van der Waals surface area contributed by atoms with E-state index < -0.39 is 17.5 Å². The smallest absolute Gasteiger partial charge is 0.316 e. The summed E-state index contributed by atoms with van der Waals surface area (Å²) in [4.78, 5) is 23.3. The first-order valence-corrected chi connectivity index (χ1v) is 5.24. The lowest BCUT2D eigenvalue weighted by Crippen LogP contribution is -2.43. The van der Waals surface area contributed by atoms with E-state index in [1.165, 1.54) is 14.2 Å². The fourth-order valence-corrected chi connectivity index (χ4v) is 2.18. The van der Waals surface area contributed by atoms with Gasteiger partial charge in [0.1, 0.15) is 11.5 Å². The average Bonchev–Trinajstić information content (AvgIpc) is 2.75. The summed E-state index contributed by atoms with van der Waals surface area (Å²) >= 11 is 0. The van der Waals surface area contributed by atoms with Crippen LogP contribution in [0.25, 0.3) is 0 Å². The Bertz CT molecular complexity index is 253. The molecule has 1 atom stereocenters. The van der Waals surface area contributed by atoms with Gasteiger partial charge in [0.2, 0.25) is 0 Å². The van der Waals surface area contributed by atoms with E-state index in [4.69, 9.17) is 4.74 Å². The lowest BCUT2D eigenvalue weighted by atomic mass is 9.88. The summed E-state index contributed by atoms with van der Waals surface area (Å²) in [6.45, 7) is 1.58. The van der Waals surface area contributed by atoms with Crippen molar-refractivity contribution < 1.29 is 19.1 Å². The molecule has 1 aliphatic rings. The third kappa shape index (κ3) is 2.20. The summed E-state index contributed by atoms with van der Waals surface area (Å²) in [6, 6.07) is 0. The summed E-state index contributed by atoms with van der Waals surface area (Å²) in [5.41, 5.74) is -0.742. The topological polar surface area (TPSA) is 52.6 Å². The molecule has 0 bridgehead atoms. The van der Waals surface area contributed by atoms with Crippen LogP contribution in [0.4, 0.5) is 0 Å². The number of Topliss-reactive ketones (excluding diaryl/α,β-unsaturated/α-hetero) is 1. The first kappa shape index (κ1) is 12.2. The molecule has 1 aliphatic carbocycles.